The fourth-order valence-electron chi connectivity index (χ4n) is 2.64. The van der Waals surface area contributed by atoms with Gasteiger partial charge in [0.2, 0.25) is 0 Å². The summed E-state index contributed by atoms with van der Waals surface area (Å²) >= 11 is 0. The van der Waals surface area contributed by atoms with Gasteiger partial charge in [0.05, 0.1) is 0 Å². The molecule has 0 radical (unpaired) electrons. The van der Waals surface area contributed by atoms with E-state index in [2.05, 4.69) is 48.1 Å². The van der Waals surface area contributed by atoms with Crippen molar-refractivity contribution in [1.82, 2.24) is 10.3 Å². The molecule has 0 bridgehead atoms. The maximum Gasteiger partial charge on any atom is 0.128 e. The van der Waals surface area contributed by atoms with Crippen LogP contribution in [-0.2, 0) is 6.54 Å². The predicted molar refractivity (Wildman–Crippen MR) is 81.4 cm³/mol. The van der Waals surface area contributed by atoms with Crippen LogP contribution in [0.25, 0.3) is 0 Å². The Morgan fingerprint density at radius 1 is 1.42 bits per heavy atom. The molecule has 19 heavy (non-hydrogen) atoms. The minimum atomic E-state index is 0.520. The largest absolute Gasteiger partial charge is 0.356 e. The van der Waals surface area contributed by atoms with Crippen molar-refractivity contribution in [1.29, 1.82) is 0 Å². The number of pyridine rings is 1. The molecular weight excluding hydrogens is 234 g/mol. The Bertz CT molecular complexity index is 372. The zero-order chi connectivity index (χ0) is 13.7. The molecule has 1 aromatic heterocycles. The molecule has 3 nitrogen and oxygen atoms in total. The van der Waals surface area contributed by atoms with Crippen molar-refractivity contribution in [3.8, 4) is 0 Å². The molecule has 1 N–H and O–H groups in total. The van der Waals surface area contributed by atoms with Crippen LogP contribution >= 0.6 is 0 Å². The summed E-state index contributed by atoms with van der Waals surface area (Å²) in [5, 5.41) is 3.42. The van der Waals surface area contributed by atoms with Crippen molar-refractivity contribution in [2.45, 2.75) is 52.6 Å². The molecule has 106 valence electrons. The number of piperidine rings is 1. The molecule has 1 aliphatic heterocycles. The van der Waals surface area contributed by atoms with Crippen LogP contribution in [0.3, 0.4) is 0 Å². The third-order valence-corrected chi connectivity index (χ3v) is 3.94. The number of rotatable bonds is 5. The van der Waals surface area contributed by atoms with E-state index in [1.165, 1.54) is 31.4 Å². The Kier molecular flexibility index (Phi) is 5.20. The van der Waals surface area contributed by atoms with Gasteiger partial charge in [-0.3, -0.25) is 0 Å². The third-order valence-electron chi connectivity index (χ3n) is 3.94. The first-order chi connectivity index (χ1) is 9.19. The van der Waals surface area contributed by atoms with Crippen LogP contribution in [0.2, 0.25) is 0 Å². The van der Waals surface area contributed by atoms with Crippen molar-refractivity contribution in [2.75, 3.05) is 18.0 Å². The van der Waals surface area contributed by atoms with E-state index in [0.29, 0.717) is 6.04 Å². The highest BCUT2D eigenvalue weighted by atomic mass is 15.2. The van der Waals surface area contributed by atoms with E-state index in [1.54, 1.807) is 0 Å². The molecule has 1 fully saturated rings. The molecule has 3 heteroatoms. The molecule has 0 spiro atoms. The van der Waals surface area contributed by atoms with Crippen LogP contribution in [0.1, 0.15) is 45.6 Å². The zero-order valence-electron chi connectivity index (χ0n) is 12.5. The lowest BCUT2D eigenvalue weighted by Crippen LogP contribution is -2.35. The summed E-state index contributed by atoms with van der Waals surface area (Å²) < 4.78 is 0. The Labute approximate surface area is 117 Å². The monoisotopic (exact) mass is 261 g/mol. The second-order valence-electron chi connectivity index (χ2n) is 5.92. The molecular formula is C16H27N3. The Balaban J connectivity index is 1.93. The number of nitrogens with zero attached hydrogens (tertiary/aromatic N) is 2. The predicted octanol–water partition coefficient (Wildman–Crippen LogP) is 3.21. The average Bonchev–Trinajstić information content (AvgIpc) is 2.45. The summed E-state index contributed by atoms with van der Waals surface area (Å²) in [5.41, 5.74) is 1.27. The van der Waals surface area contributed by atoms with Crippen LogP contribution in [0.5, 0.6) is 0 Å². The van der Waals surface area contributed by atoms with E-state index >= 15 is 0 Å². The Morgan fingerprint density at radius 3 is 2.89 bits per heavy atom. The number of nitrogens with one attached hydrogen (secondary N) is 1. The number of hydrogen-bond acceptors (Lipinski definition) is 3. The highest BCUT2D eigenvalue weighted by Crippen LogP contribution is 2.23. The summed E-state index contributed by atoms with van der Waals surface area (Å²) in [4.78, 5) is 7.08. The van der Waals surface area contributed by atoms with Crippen molar-refractivity contribution in [2.24, 2.45) is 5.92 Å². The molecule has 2 rings (SSSR count). The van der Waals surface area contributed by atoms with E-state index < -0.39 is 0 Å². The summed E-state index contributed by atoms with van der Waals surface area (Å²) in [5.74, 6) is 1.99. The maximum atomic E-state index is 4.63. The van der Waals surface area contributed by atoms with Crippen molar-refractivity contribution in [3.63, 3.8) is 0 Å². The molecule has 1 atom stereocenters. The lowest BCUT2D eigenvalue weighted by molar-refractivity contribution is 0.403. The molecule has 0 amide bonds. The molecule has 1 saturated heterocycles. The molecule has 1 aliphatic rings. The second kappa shape index (κ2) is 6.90. The molecule has 0 aliphatic carbocycles. The van der Waals surface area contributed by atoms with Gasteiger partial charge >= 0.3 is 0 Å². The van der Waals surface area contributed by atoms with Gasteiger partial charge in [-0.15, -0.1) is 0 Å². The molecule has 1 unspecified atom stereocenters. The quantitative estimate of drug-likeness (QED) is 0.882. The van der Waals surface area contributed by atoms with Crippen LogP contribution < -0.4 is 10.2 Å². The van der Waals surface area contributed by atoms with E-state index in [1.807, 2.05) is 6.20 Å². The highest BCUT2D eigenvalue weighted by molar-refractivity contribution is 5.39. The zero-order valence-corrected chi connectivity index (χ0v) is 12.5. The number of hydrogen-bond donors (Lipinski definition) is 1. The van der Waals surface area contributed by atoms with Gasteiger partial charge in [-0.25, -0.2) is 4.98 Å². The van der Waals surface area contributed by atoms with Gasteiger partial charge < -0.3 is 10.2 Å². The average molecular weight is 261 g/mol. The smallest absolute Gasteiger partial charge is 0.128 e. The first kappa shape index (κ1) is 14.3. The fraction of sp³-hybridized carbons (Fsp3) is 0.688. The number of aromatic nitrogens is 1. The minimum Gasteiger partial charge on any atom is -0.356 e. The van der Waals surface area contributed by atoms with E-state index in [-0.39, 0.29) is 0 Å². The SMILES string of the molecule is CCC1CCCN(c2ccc(CNC(C)C)cn2)C1. The Morgan fingerprint density at radius 2 is 2.26 bits per heavy atom. The van der Waals surface area contributed by atoms with Crippen molar-refractivity contribution < 1.29 is 0 Å². The van der Waals surface area contributed by atoms with Gasteiger partial charge in [0.25, 0.3) is 0 Å². The van der Waals surface area contributed by atoms with Gasteiger partial charge in [0, 0.05) is 31.9 Å². The van der Waals surface area contributed by atoms with Crippen LogP contribution in [0, 0.1) is 5.92 Å². The van der Waals surface area contributed by atoms with Crippen LogP contribution in [-0.4, -0.2) is 24.1 Å². The third kappa shape index (κ3) is 4.20. The summed E-state index contributed by atoms with van der Waals surface area (Å²) in [6.45, 7) is 9.87. The molecule has 1 aromatic rings. The van der Waals surface area contributed by atoms with Crippen LogP contribution in [0.4, 0.5) is 5.82 Å². The normalized spacial score (nSPS) is 20.0. The van der Waals surface area contributed by atoms with Gasteiger partial charge in [0.15, 0.2) is 0 Å². The van der Waals surface area contributed by atoms with Gasteiger partial charge in [-0.2, -0.15) is 0 Å². The van der Waals surface area contributed by atoms with E-state index in [0.717, 1.165) is 24.8 Å². The first-order valence-corrected chi connectivity index (χ1v) is 7.62. The van der Waals surface area contributed by atoms with Crippen molar-refractivity contribution in [3.05, 3.63) is 23.9 Å². The molecule has 2 heterocycles. The Hall–Kier alpha value is -1.09. The first-order valence-electron chi connectivity index (χ1n) is 7.62. The lowest BCUT2D eigenvalue weighted by atomic mass is 9.96. The van der Waals surface area contributed by atoms with Crippen LogP contribution in [0.15, 0.2) is 18.3 Å². The lowest BCUT2D eigenvalue weighted by Gasteiger charge is -2.33. The fourth-order valence-corrected chi connectivity index (χ4v) is 2.64. The standard InChI is InChI=1S/C16H27N3/c1-4-14-6-5-9-19(12-14)16-8-7-15(11-18-16)10-17-13(2)3/h7-8,11,13-14,17H,4-6,9-10,12H2,1-3H3. The minimum absolute atomic E-state index is 0.520. The van der Waals surface area contributed by atoms with Crippen molar-refractivity contribution >= 4 is 5.82 Å². The van der Waals surface area contributed by atoms with Gasteiger partial charge in [-0.1, -0.05) is 33.3 Å². The summed E-state index contributed by atoms with van der Waals surface area (Å²) in [7, 11) is 0. The van der Waals surface area contributed by atoms with E-state index in [4.69, 9.17) is 0 Å². The number of anilines is 1. The molecule has 0 aromatic carbocycles. The van der Waals surface area contributed by atoms with Gasteiger partial charge in [0.1, 0.15) is 5.82 Å². The maximum absolute atomic E-state index is 4.63. The van der Waals surface area contributed by atoms with E-state index in [9.17, 15) is 0 Å². The molecule has 0 saturated carbocycles. The summed E-state index contributed by atoms with van der Waals surface area (Å²) in [6.07, 6.45) is 5.98. The van der Waals surface area contributed by atoms with Gasteiger partial charge in [-0.05, 0) is 30.4 Å². The summed E-state index contributed by atoms with van der Waals surface area (Å²) in [6, 6.07) is 4.90. The second-order valence-corrected chi connectivity index (χ2v) is 5.92. The topological polar surface area (TPSA) is 28.2 Å². The highest BCUT2D eigenvalue weighted by Gasteiger charge is 2.19.